The van der Waals surface area contributed by atoms with Crippen LogP contribution in [0.3, 0.4) is 0 Å². The minimum Gasteiger partial charge on any atom is -0.461 e. The molecule has 0 amide bonds. The molecule has 7 nitrogen and oxygen atoms in total. The lowest BCUT2D eigenvalue weighted by molar-refractivity contribution is -0.402. The van der Waals surface area contributed by atoms with Crippen LogP contribution in [0, 0.1) is 34.6 Å². The number of piperidine rings is 1. The molecule has 0 N–H and O–H groups in total. The number of rotatable bonds is 8. The third-order valence-corrected chi connectivity index (χ3v) is 9.27. The largest absolute Gasteiger partial charge is 0.461 e. The zero-order chi connectivity index (χ0) is 31.1. The molecule has 1 aromatic rings. The van der Waals surface area contributed by atoms with Crippen LogP contribution in [0.25, 0.3) is 5.57 Å². The fraction of sp³-hybridized carbons (Fsp3) is 0.667. The highest BCUT2D eigenvalue weighted by Gasteiger charge is 2.64. The van der Waals surface area contributed by atoms with E-state index in [1.165, 1.54) is 13.8 Å². The Morgan fingerprint density at radius 1 is 0.927 bits per heavy atom. The van der Waals surface area contributed by atoms with Crippen molar-refractivity contribution in [3.8, 4) is 0 Å². The molecule has 0 saturated carbocycles. The standard InChI is InChI=1S/C30H41F4NO6/c1-10-27(8)13-30(18(6)28(9,11-2)35(27)41-19(7)36)39-15-29(12-3,16-40-30)14-38-26(37)21-20(17(4)5)22(31)24(33)25(34)23(21)32/h18H,4,10-16H2,1-3,5-9H3. The number of hydroxylamine groups is 2. The van der Waals surface area contributed by atoms with Crippen LogP contribution >= 0.6 is 0 Å². The van der Waals surface area contributed by atoms with E-state index < -0.39 is 68.6 Å². The van der Waals surface area contributed by atoms with E-state index in [-0.39, 0.29) is 31.3 Å². The Hall–Kier alpha value is -2.50. The number of ether oxygens (including phenoxy) is 3. The lowest BCUT2D eigenvalue weighted by Crippen LogP contribution is -2.74. The van der Waals surface area contributed by atoms with Gasteiger partial charge in [-0.15, -0.1) is 5.06 Å². The Morgan fingerprint density at radius 2 is 1.46 bits per heavy atom. The number of esters is 1. The molecule has 0 aliphatic carbocycles. The van der Waals surface area contributed by atoms with Gasteiger partial charge in [0.15, 0.2) is 29.1 Å². The van der Waals surface area contributed by atoms with Crippen LogP contribution in [0.15, 0.2) is 6.58 Å². The van der Waals surface area contributed by atoms with Gasteiger partial charge in [0.2, 0.25) is 0 Å². The van der Waals surface area contributed by atoms with Crippen LogP contribution in [-0.4, -0.2) is 53.7 Å². The Balaban J connectivity index is 1.87. The van der Waals surface area contributed by atoms with Crippen LogP contribution in [0.5, 0.6) is 0 Å². The molecular weight excluding hydrogens is 546 g/mol. The smallest absolute Gasteiger partial charge is 0.342 e. The second-order valence-corrected chi connectivity index (χ2v) is 11.9. The molecule has 1 aromatic carbocycles. The first-order chi connectivity index (χ1) is 19.0. The molecule has 0 bridgehead atoms. The first kappa shape index (κ1) is 33.0. The van der Waals surface area contributed by atoms with Gasteiger partial charge in [-0.25, -0.2) is 22.4 Å². The van der Waals surface area contributed by atoms with Crippen molar-refractivity contribution >= 4 is 17.5 Å². The first-order valence-electron chi connectivity index (χ1n) is 13.9. The van der Waals surface area contributed by atoms with Crippen molar-refractivity contribution in [2.45, 2.75) is 97.9 Å². The number of halogens is 4. The summed E-state index contributed by atoms with van der Waals surface area (Å²) in [4.78, 5) is 30.7. The predicted octanol–water partition coefficient (Wildman–Crippen LogP) is 6.73. The number of allylic oxidation sites excluding steroid dienone is 1. The van der Waals surface area contributed by atoms with Crippen LogP contribution in [0.2, 0.25) is 0 Å². The molecule has 3 rings (SSSR count). The van der Waals surface area contributed by atoms with Gasteiger partial charge >= 0.3 is 11.9 Å². The minimum absolute atomic E-state index is 0.107. The quantitative estimate of drug-likeness (QED) is 0.145. The molecule has 0 aromatic heterocycles. The van der Waals surface area contributed by atoms with E-state index in [1.54, 1.807) is 5.06 Å². The average molecular weight is 588 g/mol. The van der Waals surface area contributed by atoms with Gasteiger partial charge in [0.05, 0.1) is 29.7 Å². The van der Waals surface area contributed by atoms with E-state index in [2.05, 4.69) is 6.58 Å². The Labute approximate surface area is 239 Å². The summed E-state index contributed by atoms with van der Waals surface area (Å²) in [6.45, 7) is 17.8. The highest BCUT2D eigenvalue weighted by molar-refractivity contribution is 5.95. The van der Waals surface area contributed by atoms with Gasteiger partial charge in [-0.1, -0.05) is 34.3 Å². The number of nitrogens with zero attached hydrogens (tertiary/aromatic N) is 1. The number of benzene rings is 1. The van der Waals surface area contributed by atoms with Crippen molar-refractivity contribution in [3.63, 3.8) is 0 Å². The summed E-state index contributed by atoms with van der Waals surface area (Å²) in [7, 11) is 0. The summed E-state index contributed by atoms with van der Waals surface area (Å²) in [5, 5.41) is 1.78. The molecular formula is C30H41F4NO6. The lowest BCUT2D eigenvalue weighted by Gasteiger charge is -2.63. The summed E-state index contributed by atoms with van der Waals surface area (Å²) in [5.74, 6) is -10.8. The van der Waals surface area contributed by atoms with Crippen LogP contribution in [0.4, 0.5) is 17.6 Å². The second kappa shape index (κ2) is 11.6. The third-order valence-electron chi connectivity index (χ3n) is 9.27. The van der Waals surface area contributed by atoms with Crippen molar-refractivity contribution in [2.75, 3.05) is 19.8 Å². The van der Waals surface area contributed by atoms with Crippen molar-refractivity contribution in [3.05, 3.63) is 41.0 Å². The lowest BCUT2D eigenvalue weighted by atomic mass is 9.66. The summed E-state index contributed by atoms with van der Waals surface area (Å²) >= 11 is 0. The molecule has 2 aliphatic heterocycles. The molecule has 3 atom stereocenters. The average Bonchev–Trinajstić information content (AvgIpc) is 2.94. The third kappa shape index (κ3) is 5.52. The Kier molecular flexibility index (Phi) is 9.37. The zero-order valence-electron chi connectivity index (χ0n) is 25.1. The fourth-order valence-corrected chi connectivity index (χ4v) is 5.97. The highest BCUT2D eigenvalue weighted by Crippen LogP contribution is 2.54. The number of hydrogen-bond acceptors (Lipinski definition) is 7. The molecule has 2 aliphatic rings. The molecule has 2 saturated heterocycles. The van der Waals surface area contributed by atoms with Gasteiger partial charge in [0.25, 0.3) is 0 Å². The molecule has 3 unspecified atom stereocenters. The second-order valence-electron chi connectivity index (χ2n) is 11.9. The van der Waals surface area contributed by atoms with E-state index in [0.717, 1.165) is 0 Å². The highest BCUT2D eigenvalue weighted by atomic mass is 19.2. The number of carbonyl (C=O) groups is 2. The van der Waals surface area contributed by atoms with E-state index in [4.69, 9.17) is 19.0 Å². The summed E-state index contributed by atoms with van der Waals surface area (Å²) in [6, 6.07) is 0. The molecule has 230 valence electrons. The van der Waals surface area contributed by atoms with Gasteiger partial charge in [-0.05, 0) is 45.6 Å². The molecule has 11 heteroatoms. The van der Waals surface area contributed by atoms with Gasteiger partial charge in [-0.3, -0.25) is 4.79 Å². The SMILES string of the molecule is C=C(C)c1c(F)c(F)c(F)c(F)c1C(=O)OCC1(CC)COC2(CC(C)(CC)N(OC(C)=O)C(C)(CC)C2C)OC1. The van der Waals surface area contributed by atoms with Gasteiger partial charge in [0, 0.05) is 24.8 Å². The van der Waals surface area contributed by atoms with E-state index in [9.17, 15) is 27.2 Å². The maximum Gasteiger partial charge on any atom is 0.342 e. The maximum absolute atomic E-state index is 14.7. The normalized spacial score (nSPS) is 32.1. The van der Waals surface area contributed by atoms with Crippen LogP contribution < -0.4 is 0 Å². The van der Waals surface area contributed by atoms with Crippen LogP contribution in [0.1, 0.15) is 97.0 Å². The zero-order valence-corrected chi connectivity index (χ0v) is 25.1. The Morgan fingerprint density at radius 3 is 1.90 bits per heavy atom. The maximum atomic E-state index is 14.7. The predicted molar refractivity (Wildman–Crippen MR) is 143 cm³/mol. The molecule has 2 heterocycles. The van der Waals surface area contributed by atoms with Crippen molar-refractivity contribution in [1.29, 1.82) is 0 Å². The molecule has 1 spiro atoms. The topological polar surface area (TPSA) is 74.3 Å². The minimum atomic E-state index is -2.11. The molecule has 41 heavy (non-hydrogen) atoms. The van der Waals surface area contributed by atoms with Crippen molar-refractivity contribution < 1.29 is 46.2 Å². The number of hydrogen-bond donors (Lipinski definition) is 0. The van der Waals surface area contributed by atoms with Crippen molar-refractivity contribution in [1.82, 2.24) is 5.06 Å². The van der Waals surface area contributed by atoms with Gasteiger partial charge in [0.1, 0.15) is 12.2 Å². The summed E-state index contributed by atoms with van der Waals surface area (Å²) in [5.41, 5.74) is -4.11. The first-order valence-corrected chi connectivity index (χ1v) is 13.9. The van der Waals surface area contributed by atoms with Gasteiger partial charge in [-0.2, -0.15) is 0 Å². The summed E-state index contributed by atoms with van der Waals surface area (Å²) < 4.78 is 75.4. The Bertz CT molecular complexity index is 1210. The van der Waals surface area contributed by atoms with E-state index in [0.29, 0.717) is 25.7 Å². The summed E-state index contributed by atoms with van der Waals surface area (Å²) in [6.07, 6.45) is 2.09. The van der Waals surface area contributed by atoms with Crippen LogP contribution in [-0.2, 0) is 23.8 Å². The van der Waals surface area contributed by atoms with Crippen molar-refractivity contribution in [2.24, 2.45) is 11.3 Å². The van der Waals surface area contributed by atoms with Gasteiger partial charge < -0.3 is 19.0 Å². The fourth-order valence-electron chi connectivity index (χ4n) is 5.97. The monoisotopic (exact) mass is 587 g/mol. The van der Waals surface area contributed by atoms with E-state index in [1.807, 2.05) is 41.5 Å². The number of carbonyl (C=O) groups excluding carboxylic acids is 2. The molecule has 0 radical (unpaired) electrons. The molecule has 2 fully saturated rings. The van der Waals surface area contributed by atoms with E-state index >= 15 is 0 Å².